The van der Waals surface area contributed by atoms with Crippen LogP contribution in [0.2, 0.25) is 0 Å². The van der Waals surface area contributed by atoms with Gasteiger partial charge in [0.2, 0.25) is 5.91 Å². The first-order chi connectivity index (χ1) is 37.5. The standard InChI is InChI=1S/C70H139NO5/c1-3-5-7-9-11-13-15-16-17-18-19-20-21-24-27-30-33-36-39-43-46-50-54-58-62-68(73)67(66-72)71-69(74)63-59-55-51-47-44-40-37-34-31-28-25-22-23-26-29-32-35-38-41-45-49-53-57-61-65-76-70(75)64-60-56-52-48-42-14-12-10-8-6-4-2/h67-68,72-73H,3-66H2,1-2H3,(H,71,74). The summed E-state index contributed by atoms with van der Waals surface area (Å²) in [4.78, 5) is 24.6. The van der Waals surface area contributed by atoms with E-state index < -0.39 is 12.1 Å². The van der Waals surface area contributed by atoms with Gasteiger partial charge < -0.3 is 20.3 Å². The Bertz CT molecular complexity index is 1100. The van der Waals surface area contributed by atoms with Crippen LogP contribution in [-0.4, -0.2) is 47.4 Å². The fourth-order valence-electron chi connectivity index (χ4n) is 11.5. The van der Waals surface area contributed by atoms with Gasteiger partial charge in [0.1, 0.15) is 0 Å². The van der Waals surface area contributed by atoms with Crippen molar-refractivity contribution in [3.63, 3.8) is 0 Å². The molecule has 0 aliphatic rings. The fraction of sp³-hybridized carbons (Fsp3) is 0.971. The molecule has 2 unspecified atom stereocenters. The zero-order chi connectivity index (χ0) is 55.0. The Kier molecular flexibility index (Phi) is 65.4. The van der Waals surface area contributed by atoms with Crippen LogP contribution in [-0.2, 0) is 14.3 Å². The molecule has 6 nitrogen and oxygen atoms in total. The van der Waals surface area contributed by atoms with Gasteiger partial charge in [-0.05, 0) is 25.7 Å². The second-order valence-electron chi connectivity index (χ2n) is 24.6. The third-order valence-corrected chi connectivity index (χ3v) is 16.9. The SMILES string of the molecule is CCCCCCCCCCCCCCCCCCCCCCCCCCC(O)C(CO)NC(=O)CCCCCCCCCCCCCCCCCCCCCCCCCCOC(=O)CCCCCCCCCCCCC. The molecule has 76 heavy (non-hydrogen) atoms. The van der Waals surface area contributed by atoms with Crippen molar-refractivity contribution in [1.29, 1.82) is 0 Å². The minimum Gasteiger partial charge on any atom is -0.466 e. The van der Waals surface area contributed by atoms with Crippen molar-refractivity contribution in [2.24, 2.45) is 0 Å². The van der Waals surface area contributed by atoms with E-state index in [1.54, 1.807) is 0 Å². The van der Waals surface area contributed by atoms with E-state index in [4.69, 9.17) is 4.74 Å². The predicted octanol–water partition coefficient (Wildman–Crippen LogP) is 22.6. The van der Waals surface area contributed by atoms with Crippen LogP contribution >= 0.6 is 0 Å². The Balaban J connectivity index is 3.36. The highest BCUT2D eigenvalue weighted by molar-refractivity contribution is 5.76. The second kappa shape index (κ2) is 66.4. The van der Waals surface area contributed by atoms with E-state index in [2.05, 4.69) is 19.2 Å². The van der Waals surface area contributed by atoms with Gasteiger partial charge in [-0.15, -0.1) is 0 Å². The summed E-state index contributed by atoms with van der Waals surface area (Å²) in [6.45, 7) is 5.00. The highest BCUT2D eigenvalue weighted by Crippen LogP contribution is 2.20. The molecule has 0 aromatic rings. The number of aliphatic hydroxyl groups excluding tert-OH is 2. The molecule has 454 valence electrons. The quantitative estimate of drug-likeness (QED) is 0.0417. The zero-order valence-corrected chi connectivity index (χ0v) is 52.0. The number of nitrogens with one attached hydrogen (secondary N) is 1. The summed E-state index contributed by atoms with van der Waals surface area (Å²) in [6.07, 6.45) is 80.1. The number of hydrogen-bond donors (Lipinski definition) is 3. The Morgan fingerprint density at radius 2 is 0.539 bits per heavy atom. The summed E-state index contributed by atoms with van der Waals surface area (Å²) in [5.74, 6) is -0.0113. The van der Waals surface area contributed by atoms with E-state index in [0.717, 1.165) is 38.5 Å². The maximum atomic E-state index is 12.6. The third kappa shape index (κ3) is 62.1. The molecule has 0 bridgehead atoms. The molecular formula is C70H139NO5. The summed E-state index contributed by atoms with van der Waals surface area (Å²) in [5, 5.41) is 23.4. The molecule has 0 fully saturated rings. The Morgan fingerprint density at radius 3 is 0.803 bits per heavy atom. The van der Waals surface area contributed by atoms with Crippen molar-refractivity contribution in [2.75, 3.05) is 13.2 Å². The second-order valence-corrected chi connectivity index (χ2v) is 24.6. The van der Waals surface area contributed by atoms with Crippen molar-refractivity contribution in [2.45, 2.75) is 424 Å². The normalized spacial score (nSPS) is 12.4. The average molecular weight is 1070 g/mol. The molecule has 0 aromatic heterocycles. The maximum Gasteiger partial charge on any atom is 0.305 e. The van der Waals surface area contributed by atoms with Gasteiger partial charge in [0.25, 0.3) is 0 Å². The van der Waals surface area contributed by atoms with Gasteiger partial charge in [0.05, 0.1) is 25.4 Å². The zero-order valence-electron chi connectivity index (χ0n) is 52.0. The van der Waals surface area contributed by atoms with E-state index in [1.807, 2.05) is 0 Å². The van der Waals surface area contributed by atoms with Crippen LogP contribution in [0.3, 0.4) is 0 Å². The van der Waals surface area contributed by atoms with Crippen molar-refractivity contribution in [3.05, 3.63) is 0 Å². The highest BCUT2D eigenvalue weighted by Gasteiger charge is 2.20. The fourth-order valence-corrected chi connectivity index (χ4v) is 11.5. The first-order valence-electron chi connectivity index (χ1n) is 35.3. The third-order valence-electron chi connectivity index (χ3n) is 16.9. The summed E-state index contributed by atoms with van der Waals surface area (Å²) in [6, 6.07) is -0.541. The molecule has 0 saturated heterocycles. The number of aliphatic hydroxyl groups is 2. The molecule has 6 heteroatoms. The Hall–Kier alpha value is -1.14. The molecule has 0 saturated carbocycles. The number of rotatable bonds is 67. The van der Waals surface area contributed by atoms with Crippen molar-refractivity contribution in [1.82, 2.24) is 5.32 Å². The number of carbonyl (C=O) groups excluding carboxylic acids is 2. The number of unbranched alkanes of at least 4 members (excludes halogenated alkanes) is 56. The van der Waals surface area contributed by atoms with Crippen LogP contribution in [0.5, 0.6) is 0 Å². The van der Waals surface area contributed by atoms with Gasteiger partial charge in [-0.1, -0.05) is 373 Å². The van der Waals surface area contributed by atoms with E-state index in [0.29, 0.717) is 25.9 Å². The van der Waals surface area contributed by atoms with Crippen molar-refractivity contribution >= 4 is 11.9 Å². The Morgan fingerprint density at radius 1 is 0.316 bits per heavy atom. The molecule has 3 N–H and O–H groups in total. The van der Waals surface area contributed by atoms with Gasteiger partial charge in [0.15, 0.2) is 0 Å². The number of esters is 1. The highest BCUT2D eigenvalue weighted by atomic mass is 16.5. The van der Waals surface area contributed by atoms with Gasteiger partial charge >= 0.3 is 5.97 Å². The smallest absolute Gasteiger partial charge is 0.305 e. The molecule has 0 radical (unpaired) electrons. The largest absolute Gasteiger partial charge is 0.466 e. The lowest BCUT2D eigenvalue weighted by molar-refractivity contribution is -0.143. The lowest BCUT2D eigenvalue weighted by Gasteiger charge is -2.22. The average Bonchev–Trinajstić information content (AvgIpc) is 3.42. The molecule has 0 heterocycles. The monoisotopic (exact) mass is 1070 g/mol. The predicted molar refractivity (Wildman–Crippen MR) is 334 cm³/mol. The van der Waals surface area contributed by atoms with Crippen LogP contribution in [0.15, 0.2) is 0 Å². The number of carbonyl (C=O) groups is 2. The van der Waals surface area contributed by atoms with Crippen LogP contribution in [0.4, 0.5) is 0 Å². The lowest BCUT2D eigenvalue weighted by atomic mass is 10.0. The van der Waals surface area contributed by atoms with Crippen LogP contribution in [0, 0.1) is 0 Å². The number of ether oxygens (including phenoxy) is 1. The van der Waals surface area contributed by atoms with Crippen LogP contribution < -0.4 is 5.32 Å². The summed E-state index contributed by atoms with van der Waals surface area (Å²) < 4.78 is 5.48. The molecular weight excluding hydrogens is 935 g/mol. The summed E-state index contributed by atoms with van der Waals surface area (Å²) in [5.41, 5.74) is 0. The Labute approximate surface area is 476 Å². The molecule has 2 atom stereocenters. The van der Waals surface area contributed by atoms with Crippen molar-refractivity contribution in [3.8, 4) is 0 Å². The molecule has 0 spiro atoms. The molecule has 0 aromatic carbocycles. The minimum absolute atomic E-state index is 0.0166. The van der Waals surface area contributed by atoms with E-state index in [9.17, 15) is 19.8 Å². The maximum absolute atomic E-state index is 12.6. The van der Waals surface area contributed by atoms with Crippen LogP contribution in [0.25, 0.3) is 0 Å². The lowest BCUT2D eigenvalue weighted by Crippen LogP contribution is -2.45. The minimum atomic E-state index is -0.664. The summed E-state index contributed by atoms with van der Waals surface area (Å²) in [7, 11) is 0. The van der Waals surface area contributed by atoms with Gasteiger partial charge in [0, 0.05) is 12.8 Å². The first-order valence-corrected chi connectivity index (χ1v) is 35.3. The van der Waals surface area contributed by atoms with E-state index in [1.165, 1.54) is 340 Å². The molecule has 0 aliphatic carbocycles. The van der Waals surface area contributed by atoms with Crippen molar-refractivity contribution < 1.29 is 24.5 Å². The summed E-state index contributed by atoms with van der Waals surface area (Å²) >= 11 is 0. The van der Waals surface area contributed by atoms with Crippen LogP contribution in [0.1, 0.15) is 412 Å². The van der Waals surface area contributed by atoms with E-state index >= 15 is 0 Å². The van der Waals surface area contributed by atoms with E-state index in [-0.39, 0.29) is 18.5 Å². The number of amides is 1. The molecule has 1 amide bonds. The molecule has 0 aliphatic heterocycles. The van der Waals surface area contributed by atoms with Gasteiger partial charge in [-0.2, -0.15) is 0 Å². The van der Waals surface area contributed by atoms with Gasteiger partial charge in [-0.25, -0.2) is 0 Å². The van der Waals surface area contributed by atoms with Gasteiger partial charge in [-0.3, -0.25) is 9.59 Å². The first kappa shape index (κ1) is 74.9. The topological polar surface area (TPSA) is 95.9 Å². The number of hydrogen-bond acceptors (Lipinski definition) is 5. The molecule has 0 rings (SSSR count).